The second-order valence-corrected chi connectivity index (χ2v) is 5.91. The number of aliphatic imine (C=N–C) groups is 1. The number of rotatable bonds is 5. The van der Waals surface area contributed by atoms with Gasteiger partial charge in [0.2, 0.25) is 0 Å². The van der Waals surface area contributed by atoms with Crippen LogP contribution in [0, 0.1) is 6.92 Å². The lowest BCUT2D eigenvalue weighted by molar-refractivity contribution is 0.684. The molecule has 1 heterocycles. The van der Waals surface area contributed by atoms with Crippen molar-refractivity contribution >= 4 is 41.5 Å². The van der Waals surface area contributed by atoms with Gasteiger partial charge in [0.15, 0.2) is 5.96 Å². The van der Waals surface area contributed by atoms with Crippen molar-refractivity contribution in [2.24, 2.45) is 4.99 Å². The molecule has 1 aromatic heterocycles. The fraction of sp³-hybridized carbons (Fsp3) is 0.333. The number of aryl methyl sites for hydroxylation is 1. The summed E-state index contributed by atoms with van der Waals surface area (Å²) in [6, 6.07) is 12.1. The number of guanidine groups is 1. The normalized spacial score (nSPS) is 12.2. The highest BCUT2D eigenvalue weighted by Gasteiger charge is 2.08. The van der Waals surface area contributed by atoms with Crippen molar-refractivity contribution in [2.45, 2.75) is 26.3 Å². The summed E-state index contributed by atoms with van der Waals surface area (Å²) in [6.45, 7) is 4.88. The number of halogens is 2. The van der Waals surface area contributed by atoms with E-state index in [4.69, 9.17) is 11.6 Å². The molecule has 2 aromatic rings. The molecule has 0 amide bonds. The number of nitrogens with one attached hydrogen (secondary N) is 2. The van der Waals surface area contributed by atoms with E-state index in [1.807, 2.05) is 37.4 Å². The van der Waals surface area contributed by atoms with E-state index < -0.39 is 0 Å². The lowest BCUT2D eigenvalue weighted by Gasteiger charge is -2.18. The van der Waals surface area contributed by atoms with Crippen LogP contribution in [-0.4, -0.2) is 24.5 Å². The summed E-state index contributed by atoms with van der Waals surface area (Å²) >= 11 is 6.04. The van der Waals surface area contributed by atoms with Gasteiger partial charge in [-0.05, 0) is 49.6 Å². The molecule has 0 radical (unpaired) electrons. The highest BCUT2D eigenvalue weighted by atomic mass is 127. The average molecular weight is 459 g/mol. The van der Waals surface area contributed by atoms with Crippen LogP contribution in [0.25, 0.3) is 0 Å². The van der Waals surface area contributed by atoms with Gasteiger partial charge in [0.25, 0.3) is 0 Å². The Kier molecular flexibility index (Phi) is 9.07. The Hall–Kier alpha value is -1.34. The number of benzene rings is 1. The number of hydrogen-bond donors (Lipinski definition) is 2. The average Bonchev–Trinajstić information content (AvgIpc) is 2.55. The van der Waals surface area contributed by atoms with E-state index >= 15 is 0 Å². The van der Waals surface area contributed by atoms with Gasteiger partial charge in [0.05, 0.1) is 6.04 Å². The first kappa shape index (κ1) is 20.7. The summed E-state index contributed by atoms with van der Waals surface area (Å²) in [5, 5.41) is 7.44. The molecule has 24 heavy (non-hydrogen) atoms. The van der Waals surface area contributed by atoms with E-state index in [-0.39, 0.29) is 30.0 Å². The Morgan fingerprint density at radius 1 is 1.29 bits per heavy atom. The zero-order valence-corrected chi connectivity index (χ0v) is 17.3. The van der Waals surface area contributed by atoms with Gasteiger partial charge < -0.3 is 10.6 Å². The maximum Gasteiger partial charge on any atom is 0.191 e. The maximum absolute atomic E-state index is 6.04. The first-order valence-electron chi connectivity index (χ1n) is 7.72. The molecule has 0 aliphatic heterocycles. The Morgan fingerprint density at radius 2 is 2.08 bits per heavy atom. The van der Waals surface area contributed by atoms with Crippen LogP contribution in [0.2, 0.25) is 5.02 Å². The quantitative estimate of drug-likeness (QED) is 0.402. The molecular formula is C18H24ClIN4. The van der Waals surface area contributed by atoms with Crippen LogP contribution in [0.5, 0.6) is 0 Å². The van der Waals surface area contributed by atoms with E-state index in [1.54, 1.807) is 7.05 Å². The van der Waals surface area contributed by atoms with Gasteiger partial charge in [-0.1, -0.05) is 29.8 Å². The van der Waals surface area contributed by atoms with E-state index in [2.05, 4.69) is 39.7 Å². The zero-order valence-electron chi connectivity index (χ0n) is 14.2. The third-order valence-corrected chi connectivity index (χ3v) is 3.84. The standard InChI is InChI=1S/C18H23ClN4.HI/c1-13-7-8-15(12-22-13)9-10-21-18(20-3)23-14(2)16-5-4-6-17(19)11-16;/h4-8,11-12,14H,9-10H2,1-3H3,(H2,20,21,23);1H. The van der Waals surface area contributed by atoms with Gasteiger partial charge in [0, 0.05) is 30.5 Å². The highest BCUT2D eigenvalue weighted by molar-refractivity contribution is 14.0. The predicted molar refractivity (Wildman–Crippen MR) is 112 cm³/mol. The van der Waals surface area contributed by atoms with Gasteiger partial charge in [0.1, 0.15) is 0 Å². The van der Waals surface area contributed by atoms with Gasteiger partial charge in [-0.3, -0.25) is 9.98 Å². The SMILES string of the molecule is CN=C(NCCc1ccc(C)nc1)NC(C)c1cccc(Cl)c1.I. The third kappa shape index (κ3) is 6.65. The van der Waals surface area contributed by atoms with Crippen molar-refractivity contribution in [3.05, 3.63) is 64.4 Å². The van der Waals surface area contributed by atoms with Gasteiger partial charge in [-0.2, -0.15) is 0 Å². The van der Waals surface area contributed by atoms with E-state index in [9.17, 15) is 0 Å². The van der Waals surface area contributed by atoms with Crippen molar-refractivity contribution in [3.63, 3.8) is 0 Å². The lowest BCUT2D eigenvalue weighted by atomic mass is 10.1. The predicted octanol–water partition coefficient (Wildman–Crippen LogP) is 4.13. The summed E-state index contributed by atoms with van der Waals surface area (Å²) in [6.07, 6.45) is 2.82. The molecular weight excluding hydrogens is 435 g/mol. The smallest absolute Gasteiger partial charge is 0.191 e. The van der Waals surface area contributed by atoms with Gasteiger partial charge >= 0.3 is 0 Å². The first-order chi connectivity index (χ1) is 11.1. The maximum atomic E-state index is 6.04. The Labute approximate surface area is 166 Å². The van der Waals surface area contributed by atoms with E-state index in [1.165, 1.54) is 5.56 Å². The summed E-state index contributed by atoms with van der Waals surface area (Å²) in [7, 11) is 1.77. The molecule has 0 aliphatic carbocycles. The van der Waals surface area contributed by atoms with Crippen LogP contribution >= 0.6 is 35.6 Å². The number of hydrogen-bond acceptors (Lipinski definition) is 2. The molecule has 0 bridgehead atoms. The van der Waals surface area contributed by atoms with Crippen LogP contribution in [-0.2, 0) is 6.42 Å². The molecule has 130 valence electrons. The number of pyridine rings is 1. The summed E-state index contributed by atoms with van der Waals surface area (Å²) < 4.78 is 0. The summed E-state index contributed by atoms with van der Waals surface area (Å²) in [5.74, 6) is 0.776. The first-order valence-corrected chi connectivity index (χ1v) is 8.10. The molecule has 2 rings (SSSR count). The fourth-order valence-corrected chi connectivity index (χ4v) is 2.43. The van der Waals surface area contributed by atoms with Crippen molar-refractivity contribution in [1.29, 1.82) is 0 Å². The minimum Gasteiger partial charge on any atom is -0.356 e. The molecule has 1 atom stereocenters. The van der Waals surface area contributed by atoms with Crippen molar-refractivity contribution in [2.75, 3.05) is 13.6 Å². The second-order valence-electron chi connectivity index (χ2n) is 5.48. The Balaban J connectivity index is 0.00000288. The second kappa shape index (κ2) is 10.5. The molecule has 1 aromatic carbocycles. The molecule has 0 aliphatic rings. The Bertz CT molecular complexity index is 658. The van der Waals surface area contributed by atoms with E-state index in [0.717, 1.165) is 35.2 Å². The van der Waals surface area contributed by atoms with Gasteiger partial charge in [-0.15, -0.1) is 24.0 Å². The molecule has 2 N–H and O–H groups in total. The van der Waals surface area contributed by atoms with Crippen molar-refractivity contribution in [3.8, 4) is 0 Å². The lowest BCUT2D eigenvalue weighted by Crippen LogP contribution is -2.39. The molecule has 4 nitrogen and oxygen atoms in total. The minimum absolute atomic E-state index is 0. The number of nitrogens with zero attached hydrogens (tertiary/aromatic N) is 2. The van der Waals surface area contributed by atoms with E-state index in [0.29, 0.717) is 0 Å². The van der Waals surface area contributed by atoms with Crippen LogP contribution < -0.4 is 10.6 Å². The highest BCUT2D eigenvalue weighted by Crippen LogP contribution is 2.17. The summed E-state index contributed by atoms with van der Waals surface area (Å²) in [4.78, 5) is 8.57. The minimum atomic E-state index is 0. The van der Waals surface area contributed by atoms with Crippen LogP contribution in [0.3, 0.4) is 0 Å². The van der Waals surface area contributed by atoms with Crippen molar-refractivity contribution in [1.82, 2.24) is 15.6 Å². The van der Waals surface area contributed by atoms with Gasteiger partial charge in [-0.25, -0.2) is 0 Å². The fourth-order valence-electron chi connectivity index (χ4n) is 2.23. The molecule has 0 fully saturated rings. The number of aromatic nitrogens is 1. The van der Waals surface area contributed by atoms with Crippen molar-refractivity contribution < 1.29 is 0 Å². The topological polar surface area (TPSA) is 49.3 Å². The third-order valence-electron chi connectivity index (χ3n) is 3.60. The molecule has 1 unspecified atom stereocenters. The molecule has 6 heteroatoms. The van der Waals surface area contributed by atoms with Crippen LogP contribution in [0.4, 0.5) is 0 Å². The van der Waals surface area contributed by atoms with Crippen LogP contribution in [0.1, 0.15) is 29.8 Å². The largest absolute Gasteiger partial charge is 0.356 e. The zero-order chi connectivity index (χ0) is 16.7. The molecule has 0 spiro atoms. The molecule has 0 saturated carbocycles. The van der Waals surface area contributed by atoms with Crippen LogP contribution in [0.15, 0.2) is 47.6 Å². The monoisotopic (exact) mass is 458 g/mol. The Morgan fingerprint density at radius 3 is 2.71 bits per heavy atom. The summed E-state index contributed by atoms with van der Waals surface area (Å²) in [5.41, 5.74) is 3.37. The molecule has 0 saturated heterocycles.